The first-order valence-electron chi connectivity index (χ1n) is 3.84. The highest BCUT2D eigenvalue weighted by atomic mass is 35.5. The molecule has 1 rings (SSSR count). The minimum atomic E-state index is -2.78. The van der Waals surface area contributed by atoms with Crippen LogP contribution in [0.25, 0.3) is 0 Å². The maximum Gasteiger partial charge on any atom is 0.266 e. The van der Waals surface area contributed by atoms with Crippen LogP contribution < -0.4 is 0 Å². The molecule has 0 saturated carbocycles. The molecule has 0 unspecified atom stereocenters. The van der Waals surface area contributed by atoms with Gasteiger partial charge in [-0.2, -0.15) is 10.5 Å². The van der Waals surface area contributed by atoms with Gasteiger partial charge in [0.1, 0.15) is 6.07 Å². The zero-order valence-corrected chi connectivity index (χ0v) is 8.09. The highest BCUT2D eigenvalue weighted by Crippen LogP contribution is 2.30. The second kappa shape index (κ2) is 4.68. The van der Waals surface area contributed by atoms with Gasteiger partial charge in [-0.05, 0) is 0 Å². The van der Waals surface area contributed by atoms with E-state index < -0.39 is 12.0 Å². The largest absolute Gasteiger partial charge is 0.266 e. The third-order valence-electron chi connectivity index (χ3n) is 1.71. The van der Waals surface area contributed by atoms with Crippen molar-refractivity contribution in [2.45, 2.75) is 12.8 Å². The molecule has 0 aliphatic rings. The molecule has 0 spiro atoms. The number of aromatic nitrogens is 1. The lowest BCUT2D eigenvalue weighted by atomic mass is 10.1. The number of nitrogens with zero attached hydrogens (tertiary/aromatic N) is 3. The molecule has 6 heteroatoms. The molecule has 0 aliphatic carbocycles. The van der Waals surface area contributed by atoms with Crippen molar-refractivity contribution in [1.29, 1.82) is 10.5 Å². The Bertz CT molecular complexity index is 460. The average molecular weight is 228 g/mol. The van der Waals surface area contributed by atoms with Crippen molar-refractivity contribution in [1.82, 2.24) is 4.98 Å². The van der Waals surface area contributed by atoms with E-state index >= 15 is 0 Å². The van der Waals surface area contributed by atoms with Gasteiger partial charge in [0.15, 0.2) is 0 Å². The zero-order chi connectivity index (χ0) is 11.4. The lowest BCUT2D eigenvalue weighted by Crippen LogP contribution is -1.99. The molecule has 1 heterocycles. The fraction of sp³-hybridized carbons (Fsp3) is 0.222. The molecule has 3 nitrogen and oxygen atoms in total. The van der Waals surface area contributed by atoms with Crippen LogP contribution in [0.5, 0.6) is 0 Å². The molecule has 0 radical (unpaired) electrons. The summed E-state index contributed by atoms with van der Waals surface area (Å²) in [5, 5.41) is 16.8. The van der Waals surface area contributed by atoms with Gasteiger partial charge in [0, 0.05) is 6.20 Å². The van der Waals surface area contributed by atoms with Crippen molar-refractivity contribution >= 4 is 11.6 Å². The predicted molar refractivity (Wildman–Crippen MR) is 48.2 cm³/mol. The molecule has 0 N–H and O–H groups in total. The Morgan fingerprint density at radius 1 is 1.47 bits per heavy atom. The maximum atomic E-state index is 12.4. The van der Waals surface area contributed by atoms with Crippen molar-refractivity contribution in [3.8, 4) is 12.1 Å². The summed E-state index contributed by atoms with van der Waals surface area (Å²) >= 11 is 5.59. The van der Waals surface area contributed by atoms with E-state index in [1.165, 1.54) is 0 Å². The van der Waals surface area contributed by atoms with E-state index in [9.17, 15) is 8.78 Å². The SMILES string of the molecule is N#CCc1ncc(C(F)F)c(Cl)c1C#N. The first-order valence-corrected chi connectivity index (χ1v) is 4.22. The zero-order valence-electron chi connectivity index (χ0n) is 7.34. The first kappa shape index (κ1) is 11.4. The molecule has 0 fully saturated rings. The van der Waals surface area contributed by atoms with Gasteiger partial charge in [-0.3, -0.25) is 4.98 Å². The number of pyridine rings is 1. The molecular weight excluding hydrogens is 224 g/mol. The van der Waals surface area contributed by atoms with Crippen LogP contribution in [0, 0.1) is 22.7 Å². The van der Waals surface area contributed by atoms with E-state index in [0.29, 0.717) is 0 Å². The fourth-order valence-electron chi connectivity index (χ4n) is 1.01. The molecule has 1 aromatic heterocycles. The summed E-state index contributed by atoms with van der Waals surface area (Å²) < 4.78 is 24.7. The maximum absolute atomic E-state index is 12.4. The van der Waals surface area contributed by atoms with Gasteiger partial charge < -0.3 is 0 Å². The third-order valence-corrected chi connectivity index (χ3v) is 2.12. The molecular formula is C9H4ClF2N3. The van der Waals surface area contributed by atoms with E-state index in [1.807, 2.05) is 0 Å². The number of alkyl halides is 2. The molecule has 1 aromatic rings. The van der Waals surface area contributed by atoms with Crippen LogP contribution in [0.1, 0.15) is 23.2 Å². The molecule has 0 bridgehead atoms. The number of hydrogen-bond acceptors (Lipinski definition) is 3. The monoisotopic (exact) mass is 227 g/mol. The lowest BCUT2D eigenvalue weighted by molar-refractivity contribution is 0.151. The molecule has 0 aliphatic heterocycles. The van der Waals surface area contributed by atoms with Gasteiger partial charge in [0.05, 0.1) is 34.3 Å². The Balaban J connectivity index is 3.35. The number of hydrogen-bond donors (Lipinski definition) is 0. The van der Waals surface area contributed by atoms with Crippen molar-refractivity contribution in [3.63, 3.8) is 0 Å². The summed E-state index contributed by atoms with van der Waals surface area (Å²) in [7, 11) is 0. The average Bonchev–Trinajstić information content (AvgIpc) is 2.18. The standard InChI is InChI=1S/C9H4ClF2N3/c10-8-5(3-14)7(1-2-13)15-4-6(8)9(11)12/h4,9H,1H2. The van der Waals surface area contributed by atoms with Crippen LogP contribution in [-0.2, 0) is 6.42 Å². The van der Waals surface area contributed by atoms with Crippen LogP contribution >= 0.6 is 11.6 Å². The van der Waals surface area contributed by atoms with Gasteiger partial charge in [-0.1, -0.05) is 11.6 Å². The van der Waals surface area contributed by atoms with Crippen LogP contribution in [0.3, 0.4) is 0 Å². The Kier molecular flexibility index (Phi) is 3.54. The second-order valence-electron chi connectivity index (χ2n) is 2.60. The van der Waals surface area contributed by atoms with Crippen molar-refractivity contribution < 1.29 is 8.78 Å². The molecule has 76 valence electrons. The molecule has 0 atom stereocenters. The summed E-state index contributed by atoms with van der Waals surface area (Å²) in [5.41, 5.74) is -0.527. The summed E-state index contributed by atoms with van der Waals surface area (Å²) in [6, 6.07) is 3.44. The summed E-state index contributed by atoms with van der Waals surface area (Å²) in [5.74, 6) is 0. The van der Waals surface area contributed by atoms with Gasteiger partial charge in [0.2, 0.25) is 0 Å². The molecule has 0 amide bonds. The third kappa shape index (κ3) is 2.20. The quantitative estimate of drug-likeness (QED) is 0.780. The Hall–Kier alpha value is -1.72. The van der Waals surface area contributed by atoms with E-state index in [-0.39, 0.29) is 22.7 Å². The molecule has 0 aromatic carbocycles. The first-order chi connectivity index (χ1) is 7.11. The van der Waals surface area contributed by atoms with E-state index in [4.69, 9.17) is 22.1 Å². The van der Waals surface area contributed by atoms with Crippen molar-refractivity contribution in [2.24, 2.45) is 0 Å². The minimum absolute atomic E-state index is 0.120. The van der Waals surface area contributed by atoms with Gasteiger partial charge >= 0.3 is 0 Å². The molecule has 15 heavy (non-hydrogen) atoms. The van der Waals surface area contributed by atoms with Crippen LogP contribution in [-0.4, -0.2) is 4.98 Å². The lowest BCUT2D eigenvalue weighted by Gasteiger charge is -2.06. The highest BCUT2D eigenvalue weighted by molar-refractivity contribution is 6.32. The summed E-state index contributed by atoms with van der Waals surface area (Å²) in [6.07, 6.45) is -2.03. The number of halogens is 3. The van der Waals surface area contributed by atoms with Crippen LogP contribution in [0.4, 0.5) is 8.78 Å². The normalized spacial score (nSPS) is 9.73. The Morgan fingerprint density at radius 2 is 2.13 bits per heavy atom. The molecule has 0 saturated heterocycles. The highest BCUT2D eigenvalue weighted by Gasteiger charge is 2.18. The van der Waals surface area contributed by atoms with E-state index in [1.54, 1.807) is 12.1 Å². The topological polar surface area (TPSA) is 60.5 Å². The summed E-state index contributed by atoms with van der Waals surface area (Å²) in [4.78, 5) is 3.61. The van der Waals surface area contributed by atoms with Gasteiger partial charge in [-0.25, -0.2) is 8.78 Å². The minimum Gasteiger partial charge on any atom is -0.258 e. The van der Waals surface area contributed by atoms with E-state index in [2.05, 4.69) is 4.98 Å². The van der Waals surface area contributed by atoms with Crippen LogP contribution in [0.15, 0.2) is 6.20 Å². The smallest absolute Gasteiger partial charge is 0.258 e. The fourth-order valence-corrected chi connectivity index (χ4v) is 1.30. The van der Waals surface area contributed by atoms with Crippen molar-refractivity contribution in [3.05, 3.63) is 28.0 Å². The number of nitriles is 2. The van der Waals surface area contributed by atoms with Gasteiger partial charge in [0.25, 0.3) is 6.43 Å². The van der Waals surface area contributed by atoms with Crippen molar-refractivity contribution in [2.75, 3.05) is 0 Å². The van der Waals surface area contributed by atoms with E-state index in [0.717, 1.165) is 6.20 Å². The van der Waals surface area contributed by atoms with Gasteiger partial charge in [-0.15, -0.1) is 0 Å². The predicted octanol–water partition coefficient (Wildman–Crippen LogP) is 2.61. The number of rotatable bonds is 2. The Morgan fingerprint density at radius 3 is 2.60 bits per heavy atom. The van der Waals surface area contributed by atoms with Crippen LogP contribution in [0.2, 0.25) is 5.02 Å². The Labute approximate surface area is 89.5 Å². The second-order valence-corrected chi connectivity index (χ2v) is 2.97. The summed E-state index contributed by atoms with van der Waals surface area (Å²) in [6.45, 7) is 0.